The van der Waals surface area contributed by atoms with E-state index in [1.54, 1.807) is 0 Å². The fraction of sp³-hybridized carbons (Fsp3) is 0.533. The number of carbonyl (C=O) groups excluding carboxylic acids is 1. The van der Waals surface area contributed by atoms with Crippen molar-refractivity contribution in [3.05, 3.63) is 34.9 Å². The molecule has 0 spiro atoms. The molecule has 3 nitrogen and oxygen atoms in total. The first kappa shape index (κ1) is 12.8. The van der Waals surface area contributed by atoms with Gasteiger partial charge in [0, 0.05) is 24.2 Å². The van der Waals surface area contributed by atoms with Crippen LogP contribution in [-0.4, -0.2) is 30.1 Å². The Bertz CT molecular complexity index is 460. The van der Waals surface area contributed by atoms with Crippen molar-refractivity contribution < 1.29 is 4.79 Å². The lowest BCUT2D eigenvalue weighted by Gasteiger charge is -2.27. The molecule has 102 valence electrons. The largest absolute Gasteiger partial charge is 0.338 e. The summed E-state index contributed by atoms with van der Waals surface area (Å²) in [4.78, 5) is 14.1. The van der Waals surface area contributed by atoms with Crippen LogP contribution in [0.3, 0.4) is 0 Å². The van der Waals surface area contributed by atoms with E-state index in [4.69, 9.17) is 11.6 Å². The zero-order chi connectivity index (χ0) is 13.2. The predicted molar refractivity (Wildman–Crippen MR) is 76.4 cm³/mol. The summed E-state index contributed by atoms with van der Waals surface area (Å²) in [6, 6.07) is 8.40. The lowest BCUT2D eigenvalue weighted by molar-refractivity contribution is 0.181. The number of fused-ring (bicyclic) bond motifs is 2. The maximum Gasteiger partial charge on any atom is 0.317 e. The van der Waals surface area contributed by atoms with Gasteiger partial charge in [0.15, 0.2) is 0 Å². The summed E-state index contributed by atoms with van der Waals surface area (Å²) in [5.74, 6) is 0.756. The van der Waals surface area contributed by atoms with Crippen LogP contribution in [0.15, 0.2) is 24.3 Å². The Balaban J connectivity index is 1.45. The molecule has 0 radical (unpaired) electrons. The molecular formula is C15H19ClN2O. The molecule has 0 aromatic heterocycles. The molecule has 2 atom stereocenters. The molecule has 4 heteroatoms. The third kappa shape index (κ3) is 2.86. The van der Waals surface area contributed by atoms with E-state index < -0.39 is 0 Å². The van der Waals surface area contributed by atoms with Crippen LogP contribution in [0.5, 0.6) is 0 Å². The van der Waals surface area contributed by atoms with Crippen molar-refractivity contribution >= 4 is 17.6 Å². The summed E-state index contributed by atoms with van der Waals surface area (Å²) in [5.41, 5.74) is 1.20. The Morgan fingerprint density at radius 1 is 1.32 bits per heavy atom. The average molecular weight is 279 g/mol. The molecule has 1 saturated heterocycles. The van der Waals surface area contributed by atoms with Gasteiger partial charge in [0.05, 0.1) is 0 Å². The highest BCUT2D eigenvalue weighted by atomic mass is 35.5. The van der Waals surface area contributed by atoms with Crippen molar-refractivity contribution in [2.75, 3.05) is 13.1 Å². The fourth-order valence-electron chi connectivity index (χ4n) is 3.24. The van der Waals surface area contributed by atoms with Crippen LogP contribution < -0.4 is 5.32 Å². The van der Waals surface area contributed by atoms with E-state index in [2.05, 4.69) is 5.32 Å². The maximum atomic E-state index is 12.1. The number of carbonyl (C=O) groups is 1. The molecule has 1 N–H and O–H groups in total. The van der Waals surface area contributed by atoms with Crippen molar-refractivity contribution in [1.82, 2.24) is 10.2 Å². The van der Waals surface area contributed by atoms with E-state index in [0.717, 1.165) is 23.9 Å². The van der Waals surface area contributed by atoms with E-state index in [1.807, 2.05) is 29.2 Å². The van der Waals surface area contributed by atoms with E-state index in [9.17, 15) is 4.79 Å². The first-order chi connectivity index (χ1) is 9.22. The molecule has 1 aliphatic carbocycles. The van der Waals surface area contributed by atoms with Crippen LogP contribution in [0.2, 0.25) is 5.02 Å². The van der Waals surface area contributed by atoms with Gasteiger partial charge in [-0.1, -0.05) is 23.7 Å². The number of nitrogens with one attached hydrogen (secondary N) is 1. The van der Waals surface area contributed by atoms with Crippen molar-refractivity contribution in [1.29, 1.82) is 0 Å². The fourth-order valence-corrected chi connectivity index (χ4v) is 3.37. The van der Waals surface area contributed by atoms with E-state index in [0.29, 0.717) is 12.6 Å². The number of piperidine rings is 1. The van der Waals surface area contributed by atoms with Crippen LogP contribution in [0.4, 0.5) is 4.79 Å². The number of nitrogens with zero attached hydrogens (tertiary/aromatic N) is 1. The van der Waals surface area contributed by atoms with E-state index in [-0.39, 0.29) is 6.03 Å². The number of halogens is 1. The molecular weight excluding hydrogens is 260 g/mol. The molecule has 1 aliphatic heterocycles. The van der Waals surface area contributed by atoms with E-state index in [1.165, 1.54) is 24.8 Å². The molecule has 3 rings (SSSR count). The van der Waals surface area contributed by atoms with Gasteiger partial charge in [-0.3, -0.25) is 0 Å². The summed E-state index contributed by atoms with van der Waals surface area (Å²) >= 11 is 5.84. The second-order valence-electron chi connectivity index (χ2n) is 5.59. The molecule has 2 aliphatic rings. The summed E-state index contributed by atoms with van der Waals surface area (Å²) in [5, 5.41) is 3.78. The minimum Gasteiger partial charge on any atom is -0.338 e. The Morgan fingerprint density at radius 3 is 2.74 bits per heavy atom. The zero-order valence-electron chi connectivity index (χ0n) is 10.9. The third-order valence-electron chi connectivity index (χ3n) is 4.27. The van der Waals surface area contributed by atoms with Gasteiger partial charge in [-0.05, 0) is 49.3 Å². The van der Waals surface area contributed by atoms with Crippen molar-refractivity contribution in [3.8, 4) is 0 Å². The molecule has 1 saturated carbocycles. The zero-order valence-corrected chi connectivity index (χ0v) is 11.7. The first-order valence-electron chi connectivity index (χ1n) is 7.01. The van der Waals surface area contributed by atoms with Crippen LogP contribution in [0, 0.1) is 5.92 Å². The smallest absolute Gasteiger partial charge is 0.317 e. The lowest BCUT2D eigenvalue weighted by atomic mass is 10.1. The molecule has 1 aromatic rings. The number of hydrogen-bond acceptors (Lipinski definition) is 1. The van der Waals surface area contributed by atoms with Crippen LogP contribution >= 0.6 is 11.6 Å². The van der Waals surface area contributed by atoms with Gasteiger partial charge < -0.3 is 10.2 Å². The highest BCUT2D eigenvalue weighted by Gasteiger charge is 2.39. The summed E-state index contributed by atoms with van der Waals surface area (Å²) in [6.45, 7) is 1.64. The van der Waals surface area contributed by atoms with Crippen molar-refractivity contribution in [3.63, 3.8) is 0 Å². The standard InChI is InChI=1S/C15H19ClN2O/c16-13-4-1-11(2-5-13)7-8-17-15(19)18-10-12-3-6-14(18)9-12/h1-2,4-5,12,14H,3,6-10H2,(H,17,19)/t12-,14-/m0/s1. The normalized spacial score (nSPS) is 24.8. The Hall–Kier alpha value is -1.22. The maximum absolute atomic E-state index is 12.1. The van der Waals surface area contributed by atoms with Crippen LogP contribution in [0.25, 0.3) is 0 Å². The Morgan fingerprint density at radius 2 is 2.11 bits per heavy atom. The molecule has 1 aromatic carbocycles. The second-order valence-corrected chi connectivity index (χ2v) is 6.03. The average Bonchev–Trinajstić information content (AvgIpc) is 3.03. The molecule has 1 heterocycles. The number of rotatable bonds is 3. The highest BCUT2D eigenvalue weighted by Crippen LogP contribution is 2.37. The van der Waals surface area contributed by atoms with Crippen LogP contribution in [0.1, 0.15) is 24.8 Å². The van der Waals surface area contributed by atoms with Gasteiger partial charge in [0.25, 0.3) is 0 Å². The van der Waals surface area contributed by atoms with Gasteiger partial charge in [-0.15, -0.1) is 0 Å². The van der Waals surface area contributed by atoms with Gasteiger partial charge in [0.1, 0.15) is 0 Å². The molecule has 2 bridgehead atoms. The van der Waals surface area contributed by atoms with Gasteiger partial charge in [0.2, 0.25) is 0 Å². The quantitative estimate of drug-likeness (QED) is 0.905. The SMILES string of the molecule is O=C(NCCc1ccc(Cl)cc1)N1C[C@H]2CC[C@H]1C2. The number of benzene rings is 1. The Kier molecular flexibility index (Phi) is 3.65. The number of amides is 2. The predicted octanol–water partition coefficient (Wildman–Crippen LogP) is 3.08. The van der Waals surface area contributed by atoms with Crippen molar-refractivity contribution in [2.24, 2.45) is 5.92 Å². The van der Waals surface area contributed by atoms with Gasteiger partial charge >= 0.3 is 6.03 Å². The number of urea groups is 1. The lowest BCUT2D eigenvalue weighted by Crippen LogP contribution is -2.44. The number of hydrogen-bond donors (Lipinski definition) is 1. The minimum atomic E-state index is 0.112. The van der Waals surface area contributed by atoms with Crippen molar-refractivity contribution in [2.45, 2.75) is 31.7 Å². The van der Waals surface area contributed by atoms with Gasteiger partial charge in [-0.25, -0.2) is 4.79 Å². The van der Waals surface area contributed by atoms with Crippen LogP contribution in [-0.2, 0) is 6.42 Å². The molecule has 2 amide bonds. The summed E-state index contributed by atoms with van der Waals surface area (Å²) in [7, 11) is 0. The number of likely N-dealkylation sites (tertiary alicyclic amines) is 1. The topological polar surface area (TPSA) is 32.3 Å². The molecule has 2 fully saturated rings. The summed E-state index contributed by atoms with van der Waals surface area (Å²) in [6.07, 6.45) is 4.56. The first-order valence-corrected chi connectivity index (χ1v) is 7.39. The van der Waals surface area contributed by atoms with Gasteiger partial charge in [-0.2, -0.15) is 0 Å². The van der Waals surface area contributed by atoms with E-state index >= 15 is 0 Å². The highest BCUT2D eigenvalue weighted by molar-refractivity contribution is 6.30. The molecule has 0 unspecified atom stereocenters. The third-order valence-corrected chi connectivity index (χ3v) is 4.53. The molecule has 19 heavy (non-hydrogen) atoms. The monoisotopic (exact) mass is 278 g/mol. The minimum absolute atomic E-state index is 0.112. The Labute approximate surface area is 118 Å². The second kappa shape index (κ2) is 5.41. The summed E-state index contributed by atoms with van der Waals surface area (Å²) < 4.78 is 0.